The molecular weight excluding hydrogens is 458 g/mol. The topological polar surface area (TPSA) is 78.2 Å². The molecule has 0 radical (unpaired) electrons. The number of fused-ring (bicyclic) bond motifs is 3. The molecule has 4 aromatic rings. The van der Waals surface area contributed by atoms with Crippen LogP contribution in [0.1, 0.15) is 38.9 Å². The second-order valence-corrected chi connectivity index (χ2v) is 8.87. The number of ether oxygens (including phenoxy) is 3. The molecule has 3 aromatic carbocycles. The molecule has 0 bridgehead atoms. The fourth-order valence-electron chi connectivity index (χ4n) is 4.81. The minimum absolute atomic E-state index is 0.0690. The Kier molecular flexibility index (Phi) is 5.25. The van der Waals surface area contributed by atoms with Crippen LogP contribution in [0.5, 0.6) is 17.2 Å². The van der Waals surface area contributed by atoms with Gasteiger partial charge in [-0.1, -0.05) is 42.5 Å². The third kappa shape index (κ3) is 3.60. The first-order valence-corrected chi connectivity index (χ1v) is 11.6. The van der Waals surface area contributed by atoms with Crippen LogP contribution >= 0.6 is 0 Å². The summed E-state index contributed by atoms with van der Waals surface area (Å²) in [6.07, 6.45) is 1.66. The summed E-state index contributed by atoms with van der Waals surface area (Å²) in [5.74, 6) is 1.64. The lowest BCUT2D eigenvalue weighted by molar-refractivity contribution is 0.0714. The van der Waals surface area contributed by atoms with Crippen LogP contribution in [-0.4, -0.2) is 24.2 Å². The maximum atomic E-state index is 13.8. The Hall–Kier alpha value is -4.52. The van der Waals surface area contributed by atoms with Crippen molar-refractivity contribution in [3.05, 3.63) is 112 Å². The molecule has 2 aliphatic heterocycles. The average molecular weight is 482 g/mol. The summed E-state index contributed by atoms with van der Waals surface area (Å²) < 4.78 is 22.7. The fraction of sp³-hybridized carbons (Fsp3) is 0.172. The Morgan fingerprint density at radius 3 is 2.78 bits per heavy atom. The lowest BCUT2D eigenvalue weighted by Gasteiger charge is -2.25. The second kappa shape index (κ2) is 8.61. The highest BCUT2D eigenvalue weighted by molar-refractivity contribution is 5.99. The van der Waals surface area contributed by atoms with Crippen LogP contribution < -0.4 is 19.6 Å². The Labute approximate surface area is 207 Å². The van der Waals surface area contributed by atoms with E-state index in [0.717, 1.165) is 16.7 Å². The molecule has 0 spiro atoms. The zero-order valence-corrected chi connectivity index (χ0v) is 19.7. The van der Waals surface area contributed by atoms with Gasteiger partial charge >= 0.3 is 0 Å². The highest BCUT2D eigenvalue weighted by Crippen LogP contribution is 2.41. The third-order valence-electron chi connectivity index (χ3n) is 6.45. The van der Waals surface area contributed by atoms with Crippen molar-refractivity contribution in [1.82, 2.24) is 4.90 Å². The molecule has 1 aromatic heterocycles. The van der Waals surface area contributed by atoms with E-state index in [2.05, 4.69) is 6.58 Å². The average Bonchev–Trinajstić information content (AvgIpc) is 3.46. The van der Waals surface area contributed by atoms with Crippen molar-refractivity contribution in [2.24, 2.45) is 0 Å². The predicted octanol–water partition coefficient (Wildman–Crippen LogP) is 5.14. The first-order chi connectivity index (χ1) is 17.5. The molecular formula is C29H23NO6. The minimum Gasteiger partial charge on any atom is -0.490 e. The highest BCUT2D eigenvalue weighted by Gasteiger charge is 2.43. The molecule has 0 fully saturated rings. The predicted molar refractivity (Wildman–Crippen MR) is 134 cm³/mol. The van der Waals surface area contributed by atoms with Crippen LogP contribution in [0.15, 0.2) is 82.5 Å². The van der Waals surface area contributed by atoms with Crippen LogP contribution in [0.25, 0.3) is 11.0 Å². The van der Waals surface area contributed by atoms with Gasteiger partial charge in [-0.25, -0.2) is 0 Å². The molecule has 0 saturated carbocycles. The zero-order valence-electron chi connectivity index (χ0n) is 19.7. The molecule has 0 saturated heterocycles. The van der Waals surface area contributed by atoms with E-state index in [1.165, 1.54) is 0 Å². The molecule has 1 atom stereocenters. The molecule has 1 unspecified atom stereocenters. The summed E-state index contributed by atoms with van der Waals surface area (Å²) in [6, 6.07) is 17.7. The number of hydrogen-bond donors (Lipinski definition) is 0. The molecule has 0 aliphatic carbocycles. The summed E-state index contributed by atoms with van der Waals surface area (Å²) in [5, 5.41) is 0.454. The molecule has 7 nitrogen and oxygen atoms in total. The Bertz CT molecular complexity index is 1590. The van der Waals surface area contributed by atoms with E-state index in [4.69, 9.17) is 18.6 Å². The van der Waals surface area contributed by atoms with Gasteiger partial charge in [0.25, 0.3) is 5.91 Å². The van der Waals surface area contributed by atoms with Crippen LogP contribution in [-0.2, 0) is 6.54 Å². The van der Waals surface area contributed by atoms with Crippen LogP contribution in [0, 0.1) is 6.92 Å². The highest BCUT2D eigenvalue weighted by atomic mass is 16.7. The molecule has 2 aliphatic rings. The van der Waals surface area contributed by atoms with Crippen molar-refractivity contribution in [2.45, 2.75) is 19.5 Å². The third-order valence-corrected chi connectivity index (χ3v) is 6.45. The van der Waals surface area contributed by atoms with Crippen molar-refractivity contribution < 1.29 is 23.4 Å². The Morgan fingerprint density at radius 1 is 1.06 bits per heavy atom. The molecule has 36 heavy (non-hydrogen) atoms. The van der Waals surface area contributed by atoms with Crippen LogP contribution in [0.3, 0.4) is 0 Å². The number of amides is 1. The van der Waals surface area contributed by atoms with Gasteiger partial charge < -0.3 is 23.5 Å². The Morgan fingerprint density at radius 2 is 1.92 bits per heavy atom. The fourth-order valence-corrected chi connectivity index (χ4v) is 4.81. The van der Waals surface area contributed by atoms with Crippen LogP contribution in [0.2, 0.25) is 0 Å². The lowest BCUT2D eigenvalue weighted by Crippen LogP contribution is -2.29. The number of carbonyl (C=O) groups is 1. The van der Waals surface area contributed by atoms with Crippen molar-refractivity contribution >= 4 is 16.9 Å². The van der Waals surface area contributed by atoms with Gasteiger partial charge in [0.15, 0.2) is 16.9 Å². The van der Waals surface area contributed by atoms with Crippen LogP contribution in [0.4, 0.5) is 0 Å². The van der Waals surface area contributed by atoms with Crippen molar-refractivity contribution in [3.8, 4) is 17.2 Å². The van der Waals surface area contributed by atoms with Gasteiger partial charge in [0, 0.05) is 6.54 Å². The number of hydrogen-bond acceptors (Lipinski definition) is 6. The van der Waals surface area contributed by atoms with Gasteiger partial charge in [-0.15, -0.1) is 0 Å². The molecule has 6 rings (SSSR count). The van der Waals surface area contributed by atoms with Gasteiger partial charge in [-0.3, -0.25) is 9.59 Å². The van der Waals surface area contributed by atoms with Gasteiger partial charge in [0.1, 0.15) is 17.9 Å². The first kappa shape index (κ1) is 22.0. The van der Waals surface area contributed by atoms with E-state index in [1.807, 2.05) is 55.5 Å². The number of rotatable bonds is 6. The number of carbonyl (C=O) groups excluding carboxylic acids is 1. The minimum atomic E-state index is -0.647. The molecule has 0 N–H and O–H groups in total. The normalized spacial score (nSPS) is 15.9. The van der Waals surface area contributed by atoms with Gasteiger partial charge in [-0.05, 0) is 54.4 Å². The van der Waals surface area contributed by atoms with E-state index in [1.54, 1.807) is 23.1 Å². The quantitative estimate of drug-likeness (QED) is 0.355. The van der Waals surface area contributed by atoms with Crippen molar-refractivity contribution in [2.75, 3.05) is 13.4 Å². The second-order valence-electron chi connectivity index (χ2n) is 8.87. The van der Waals surface area contributed by atoms with Gasteiger partial charge in [0.2, 0.25) is 12.6 Å². The Balaban J connectivity index is 1.50. The van der Waals surface area contributed by atoms with Gasteiger partial charge in [0.05, 0.1) is 17.0 Å². The standard InChI is InChI=1S/C29H23NO6/c1-3-11-33-20-6-4-5-19(14-20)26-25-27(31)21-12-17(2)7-9-22(21)36-28(25)29(32)30(26)15-18-8-10-23-24(13-18)35-16-34-23/h3-10,12-14,26H,1,11,15-16H2,2H3. The van der Waals surface area contributed by atoms with E-state index < -0.39 is 6.04 Å². The SMILES string of the molecule is C=CCOc1cccc(C2c3c(oc4ccc(C)cc4c3=O)C(=O)N2Cc2ccc3c(c2)OCO3)c1. The molecule has 180 valence electrons. The largest absolute Gasteiger partial charge is 0.490 e. The molecule has 1 amide bonds. The van der Waals surface area contributed by atoms with Crippen molar-refractivity contribution in [3.63, 3.8) is 0 Å². The first-order valence-electron chi connectivity index (χ1n) is 11.6. The number of nitrogens with zero attached hydrogens (tertiary/aromatic N) is 1. The summed E-state index contributed by atoms with van der Waals surface area (Å²) in [7, 11) is 0. The van der Waals surface area contributed by atoms with E-state index in [9.17, 15) is 9.59 Å². The van der Waals surface area contributed by atoms with Crippen molar-refractivity contribution in [1.29, 1.82) is 0 Å². The molecule has 3 heterocycles. The monoisotopic (exact) mass is 481 g/mol. The maximum Gasteiger partial charge on any atom is 0.291 e. The molecule has 7 heteroatoms. The van der Waals surface area contributed by atoms with E-state index >= 15 is 0 Å². The zero-order chi connectivity index (χ0) is 24.8. The number of benzene rings is 3. The number of aryl methyl sites for hydroxylation is 1. The van der Waals surface area contributed by atoms with Gasteiger partial charge in [-0.2, -0.15) is 0 Å². The summed E-state index contributed by atoms with van der Waals surface area (Å²) in [6.45, 7) is 6.37. The van der Waals surface area contributed by atoms with E-state index in [-0.39, 0.29) is 30.4 Å². The van der Waals surface area contributed by atoms with E-state index in [0.29, 0.717) is 40.4 Å². The summed E-state index contributed by atoms with van der Waals surface area (Å²) in [5.41, 5.74) is 3.05. The smallest absolute Gasteiger partial charge is 0.291 e. The summed E-state index contributed by atoms with van der Waals surface area (Å²) >= 11 is 0. The maximum absolute atomic E-state index is 13.8. The summed E-state index contributed by atoms with van der Waals surface area (Å²) in [4.78, 5) is 29.2. The lowest BCUT2D eigenvalue weighted by atomic mass is 9.97.